The number of fused-ring (bicyclic) bond motifs is 1. The van der Waals surface area contributed by atoms with Crippen molar-refractivity contribution in [2.75, 3.05) is 19.5 Å². The summed E-state index contributed by atoms with van der Waals surface area (Å²) in [5.41, 5.74) is -0.920. The lowest BCUT2D eigenvalue weighted by Gasteiger charge is -2.47. The summed E-state index contributed by atoms with van der Waals surface area (Å²) in [6.45, 7) is 3.62. The van der Waals surface area contributed by atoms with Crippen LogP contribution in [0.3, 0.4) is 0 Å². The molecular formula is C20H30N2O6S. The summed E-state index contributed by atoms with van der Waals surface area (Å²) in [6, 6.07) is -0.894. The Morgan fingerprint density at radius 2 is 2.24 bits per heavy atom. The van der Waals surface area contributed by atoms with Crippen LogP contribution in [-0.2, 0) is 23.9 Å². The second-order valence-electron chi connectivity index (χ2n) is 8.08. The van der Waals surface area contributed by atoms with Crippen LogP contribution in [0.4, 0.5) is 0 Å². The molecule has 8 nitrogen and oxygen atoms in total. The lowest BCUT2D eigenvalue weighted by molar-refractivity contribution is -0.144. The first-order valence-electron chi connectivity index (χ1n) is 10.0. The van der Waals surface area contributed by atoms with Crippen molar-refractivity contribution >= 4 is 29.5 Å². The van der Waals surface area contributed by atoms with Gasteiger partial charge in [-0.3, -0.25) is 9.59 Å². The number of esters is 1. The highest BCUT2D eigenvalue weighted by Crippen LogP contribution is 2.54. The van der Waals surface area contributed by atoms with Crippen LogP contribution in [0.25, 0.3) is 0 Å². The van der Waals surface area contributed by atoms with Gasteiger partial charge in [-0.25, -0.2) is 4.79 Å². The summed E-state index contributed by atoms with van der Waals surface area (Å²) >= 11 is 1.25. The molecule has 3 rings (SSSR count). The van der Waals surface area contributed by atoms with E-state index in [1.54, 1.807) is 0 Å². The van der Waals surface area contributed by atoms with E-state index in [1.165, 1.54) is 25.8 Å². The minimum atomic E-state index is -1.14. The van der Waals surface area contributed by atoms with Crippen molar-refractivity contribution in [3.05, 3.63) is 12.2 Å². The maximum absolute atomic E-state index is 12.8. The number of aliphatic hydroxyl groups excluding tert-OH is 1. The first kappa shape index (κ1) is 22.1. The Morgan fingerprint density at radius 3 is 2.86 bits per heavy atom. The molecule has 0 spiro atoms. The van der Waals surface area contributed by atoms with Crippen molar-refractivity contribution in [3.63, 3.8) is 0 Å². The SMILES string of the molecule is COC(=O)C(CS[C@]1([C@@H](O)[C@@H]2C=CCCC2)NC(=O)[C@@H]2CCO[C@@]21C)NC(C)=O. The van der Waals surface area contributed by atoms with E-state index in [9.17, 15) is 19.5 Å². The summed E-state index contributed by atoms with van der Waals surface area (Å²) in [5.74, 6) is -1.45. The molecule has 0 aromatic rings. The summed E-state index contributed by atoms with van der Waals surface area (Å²) in [5, 5.41) is 17.1. The number of allylic oxidation sites excluding steroid dienone is 1. The van der Waals surface area contributed by atoms with Gasteiger partial charge in [-0.2, -0.15) is 0 Å². The fourth-order valence-electron chi connectivity index (χ4n) is 4.71. The highest BCUT2D eigenvalue weighted by Gasteiger charge is 2.68. The van der Waals surface area contributed by atoms with E-state index in [0.717, 1.165) is 19.3 Å². The Bertz CT molecular complexity index is 700. The molecule has 0 radical (unpaired) electrons. The topological polar surface area (TPSA) is 114 Å². The fraction of sp³-hybridized carbons (Fsp3) is 0.750. The van der Waals surface area contributed by atoms with E-state index in [1.807, 2.05) is 13.0 Å². The molecule has 2 heterocycles. The summed E-state index contributed by atoms with van der Waals surface area (Å²) in [6.07, 6.45) is 6.48. The molecule has 2 fully saturated rings. The van der Waals surface area contributed by atoms with E-state index < -0.39 is 28.6 Å². The number of thioether (sulfide) groups is 1. The second-order valence-corrected chi connectivity index (χ2v) is 9.34. The number of carbonyl (C=O) groups excluding carboxylic acids is 3. The van der Waals surface area contributed by atoms with Gasteiger partial charge in [0.05, 0.1) is 19.1 Å². The highest BCUT2D eigenvalue weighted by molar-refractivity contribution is 8.00. The monoisotopic (exact) mass is 426 g/mol. The molecule has 3 aliphatic rings. The third kappa shape index (κ3) is 3.92. The molecule has 2 amide bonds. The van der Waals surface area contributed by atoms with Crippen molar-refractivity contribution in [2.45, 2.75) is 62.1 Å². The number of methoxy groups -OCH3 is 1. The van der Waals surface area contributed by atoms with Gasteiger partial charge in [0.1, 0.15) is 16.5 Å². The quantitative estimate of drug-likeness (QED) is 0.406. The first-order valence-corrected chi connectivity index (χ1v) is 11.0. The third-order valence-corrected chi connectivity index (χ3v) is 7.99. The van der Waals surface area contributed by atoms with Gasteiger partial charge in [-0.05, 0) is 32.6 Å². The summed E-state index contributed by atoms with van der Waals surface area (Å²) in [4.78, 5) is 35.4. The largest absolute Gasteiger partial charge is 0.467 e. The van der Waals surface area contributed by atoms with Crippen LogP contribution in [-0.4, -0.2) is 65.0 Å². The van der Waals surface area contributed by atoms with Gasteiger partial charge in [-0.15, -0.1) is 11.8 Å². The molecule has 0 aromatic carbocycles. The Morgan fingerprint density at radius 1 is 1.48 bits per heavy atom. The minimum Gasteiger partial charge on any atom is -0.467 e. The van der Waals surface area contributed by atoms with E-state index in [2.05, 4.69) is 16.7 Å². The molecular weight excluding hydrogens is 396 g/mol. The number of aliphatic hydroxyl groups is 1. The molecule has 0 aromatic heterocycles. The van der Waals surface area contributed by atoms with Crippen molar-refractivity contribution in [2.24, 2.45) is 11.8 Å². The second kappa shape index (κ2) is 8.65. The van der Waals surface area contributed by atoms with Gasteiger partial charge in [0.25, 0.3) is 0 Å². The Labute approximate surface area is 175 Å². The Hall–Kier alpha value is -1.58. The number of hydrogen-bond acceptors (Lipinski definition) is 7. The Balaban J connectivity index is 1.92. The van der Waals surface area contributed by atoms with Crippen LogP contribution in [0.5, 0.6) is 0 Å². The van der Waals surface area contributed by atoms with Gasteiger partial charge in [0.15, 0.2) is 0 Å². The first-order chi connectivity index (χ1) is 13.7. The normalized spacial score (nSPS) is 35.5. The van der Waals surface area contributed by atoms with Gasteiger partial charge in [0.2, 0.25) is 11.8 Å². The van der Waals surface area contributed by atoms with Crippen LogP contribution >= 0.6 is 11.8 Å². The number of amides is 2. The highest BCUT2D eigenvalue weighted by atomic mass is 32.2. The van der Waals surface area contributed by atoms with Crippen LogP contribution in [0, 0.1) is 11.8 Å². The Kier molecular flexibility index (Phi) is 6.60. The van der Waals surface area contributed by atoms with Gasteiger partial charge in [-0.1, -0.05) is 12.2 Å². The smallest absolute Gasteiger partial charge is 0.329 e. The van der Waals surface area contributed by atoms with Gasteiger partial charge in [0, 0.05) is 25.2 Å². The van der Waals surface area contributed by atoms with Crippen LogP contribution in [0.1, 0.15) is 39.5 Å². The lowest BCUT2D eigenvalue weighted by atomic mass is 9.78. The molecule has 1 aliphatic carbocycles. The predicted octanol–water partition coefficient (Wildman–Crippen LogP) is 0.736. The molecule has 2 aliphatic heterocycles. The van der Waals surface area contributed by atoms with E-state index in [-0.39, 0.29) is 29.4 Å². The van der Waals surface area contributed by atoms with Crippen molar-refractivity contribution in [1.82, 2.24) is 10.6 Å². The zero-order chi connectivity index (χ0) is 21.2. The zero-order valence-electron chi connectivity index (χ0n) is 17.1. The number of nitrogens with one attached hydrogen (secondary N) is 2. The van der Waals surface area contributed by atoms with Crippen molar-refractivity contribution < 1.29 is 29.0 Å². The molecule has 2 saturated heterocycles. The van der Waals surface area contributed by atoms with Crippen LogP contribution in [0.2, 0.25) is 0 Å². The number of rotatable bonds is 7. The molecule has 0 saturated carbocycles. The molecule has 162 valence electrons. The molecule has 6 atom stereocenters. The molecule has 9 heteroatoms. The summed E-state index contributed by atoms with van der Waals surface area (Å²) in [7, 11) is 1.26. The van der Waals surface area contributed by atoms with Crippen molar-refractivity contribution in [1.29, 1.82) is 0 Å². The average Bonchev–Trinajstić information content (AvgIpc) is 3.20. The summed E-state index contributed by atoms with van der Waals surface area (Å²) < 4.78 is 10.9. The van der Waals surface area contributed by atoms with Crippen LogP contribution < -0.4 is 10.6 Å². The van der Waals surface area contributed by atoms with E-state index >= 15 is 0 Å². The maximum atomic E-state index is 12.8. The maximum Gasteiger partial charge on any atom is 0.329 e. The van der Waals surface area contributed by atoms with Crippen molar-refractivity contribution in [3.8, 4) is 0 Å². The van der Waals surface area contributed by atoms with E-state index in [4.69, 9.17) is 9.47 Å². The zero-order valence-corrected chi connectivity index (χ0v) is 17.9. The molecule has 29 heavy (non-hydrogen) atoms. The standard InChI is InChI=1S/C20H30N2O6S/c1-12(23)21-15(18(26)27-3)11-29-20(16(24)13-7-5-4-6-8-13)19(2)14(9-10-28-19)17(25)22-20/h5,7,13-16,24H,4,6,8-11H2,1-3H3,(H,21,23)(H,22,25)/t13-,14+,15?,16+,19+,20+/m1/s1. The fourth-order valence-corrected chi connectivity index (χ4v) is 6.37. The molecule has 0 bridgehead atoms. The number of hydrogen-bond donors (Lipinski definition) is 3. The van der Waals surface area contributed by atoms with Gasteiger partial charge >= 0.3 is 5.97 Å². The van der Waals surface area contributed by atoms with E-state index in [0.29, 0.717) is 13.0 Å². The molecule has 1 unspecified atom stereocenters. The lowest BCUT2D eigenvalue weighted by Crippen LogP contribution is -2.64. The minimum absolute atomic E-state index is 0.131. The third-order valence-electron chi connectivity index (χ3n) is 6.29. The van der Waals surface area contributed by atoms with Crippen LogP contribution in [0.15, 0.2) is 12.2 Å². The predicted molar refractivity (Wildman–Crippen MR) is 108 cm³/mol. The number of ether oxygens (including phenoxy) is 2. The number of carbonyl (C=O) groups is 3. The average molecular weight is 427 g/mol. The molecule has 3 N–H and O–H groups in total. The van der Waals surface area contributed by atoms with Gasteiger partial charge < -0.3 is 25.2 Å².